The number of nitrogens with one attached hydrogen (secondary N) is 2. The summed E-state index contributed by atoms with van der Waals surface area (Å²) in [6.45, 7) is 5.00. The molecule has 0 unspecified atom stereocenters. The number of ether oxygens (including phenoxy) is 2. The Bertz CT molecular complexity index is 781. The third-order valence-corrected chi connectivity index (χ3v) is 4.30. The number of halogens is 1. The highest BCUT2D eigenvalue weighted by molar-refractivity contribution is 14.0. The molecule has 2 aromatic rings. The normalized spacial score (nSPS) is 11.0. The Kier molecular flexibility index (Phi) is 11.5. The molecule has 2 rings (SSSR count). The summed E-state index contributed by atoms with van der Waals surface area (Å²) in [4.78, 5) is 6.89. The van der Waals surface area contributed by atoms with Crippen LogP contribution in [0.5, 0.6) is 11.5 Å². The zero-order chi connectivity index (χ0) is 20.4. The molecule has 0 radical (unpaired) electrons. The van der Waals surface area contributed by atoms with E-state index in [9.17, 15) is 0 Å². The van der Waals surface area contributed by atoms with E-state index in [1.54, 1.807) is 14.2 Å². The minimum atomic E-state index is 0. The number of nitrogens with zero attached hydrogens (tertiary/aromatic N) is 2. The van der Waals surface area contributed by atoms with Crippen molar-refractivity contribution in [2.45, 2.75) is 26.6 Å². The van der Waals surface area contributed by atoms with Crippen molar-refractivity contribution >= 4 is 29.9 Å². The van der Waals surface area contributed by atoms with Gasteiger partial charge in [0, 0.05) is 31.3 Å². The number of guanidine groups is 1. The molecule has 0 amide bonds. The first-order chi connectivity index (χ1) is 13.6. The lowest BCUT2D eigenvalue weighted by atomic mass is 10.1. The largest absolute Gasteiger partial charge is 0.497 e. The van der Waals surface area contributed by atoms with Crippen molar-refractivity contribution in [1.82, 2.24) is 15.5 Å². The van der Waals surface area contributed by atoms with E-state index in [1.165, 1.54) is 11.1 Å². The number of hydrogen-bond acceptors (Lipinski definition) is 4. The molecule has 2 N–H and O–H groups in total. The maximum Gasteiger partial charge on any atom is 0.191 e. The smallest absolute Gasteiger partial charge is 0.191 e. The molecule has 0 aliphatic rings. The van der Waals surface area contributed by atoms with Gasteiger partial charge in [0.15, 0.2) is 5.96 Å². The van der Waals surface area contributed by atoms with Gasteiger partial charge in [-0.05, 0) is 44.3 Å². The van der Waals surface area contributed by atoms with Crippen LogP contribution in [0.15, 0.2) is 47.5 Å². The minimum Gasteiger partial charge on any atom is -0.497 e. The number of benzene rings is 2. The van der Waals surface area contributed by atoms with Crippen molar-refractivity contribution in [3.63, 3.8) is 0 Å². The zero-order valence-corrected chi connectivity index (χ0v) is 20.3. The Morgan fingerprint density at radius 2 is 1.69 bits per heavy atom. The molecule has 0 fully saturated rings. The topological polar surface area (TPSA) is 58.1 Å². The molecule has 0 aromatic heterocycles. The van der Waals surface area contributed by atoms with E-state index in [2.05, 4.69) is 60.8 Å². The Balaban J connectivity index is 0.00000420. The second-order valence-electron chi connectivity index (χ2n) is 6.73. The van der Waals surface area contributed by atoms with Crippen molar-refractivity contribution < 1.29 is 9.47 Å². The van der Waals surface area contributed by atoms with E-state index in [4.69, 9.17) is 14.5 Å². The van der Waals surface area contributed by atoms with Crippen LogP contribution in [0.4, 0.5) is 0 Å². The molecule has 0 heterocycles. The fourth-order valence-electron chi connectivity index (χ4n) is 2.89. The average Bonchev–Trinajstić information content (AvgIpc) is 2.70. The first kappa shape index (κ1) is 25.0. The number of hydrogen-bond donors (Lipinski definition) is 2. The van der Waals surface area contributed by atoms with Gasteiger partial charge in [0.25, 0.3) is 0 Å². The summed E-state index contributed by atoms with van der Waals surface area (Å²) in [6, 6.07) is 14.3. The lowest BCUT2D eigenvalue weighted by Crippen LogP contribution is -2.37. The summed E-state index contributed by atoms with van der Waals surface area (Å²) < 4.78 is 10.7. The van der Waals surface area contributed by atoms with Crippen molar-refractivity contribution in [2.75, 3.05) is 34.9 Å². The van der Waals surface area contributed by atoms with Crippen LogP contribution in [-0.2, 0) is 19.6 Å². The van der Waals surface area contributed by atoms with Gasteiger partial charge in [0.2, 0.25) is 0 Å². The molecule has 0 saturated heterocycles. The molecule has 0 aliphatic heterocycles. The maximum absolute atomic E-state index is 5.47. The van der Waals surface area contributed by atoms with E-state index >= 15 is 0 Å². The van der Waals surface area contributed by atoms with Crippen LogP contribution >= 0.6 is 24.0 Å². The van der Waals surface area contributed by atoms with Gasteiger partial charge in [-0.25, -0.2) is 4.99 Å². The minimum absolute atomic E-state index is 0. The van der Waals surface area contributed by atoms with Crippen molar-refractivity contribution in [1.29, 1.82) is 0 Å². The maximum atomic E-state index is 5.47. The predicted molar refractivity (Wildman–Crippen MR) is 130 cm³/mol. The summed E-state index contributed by atoms with van der Waals surface area (Å²) in [6.07, 6.45) is 0. The molecular formula is C22H33IN4O2. The first-order valence-corrected chi connectivity index (χ1v) is 9.52. The Hall–Kier alpha value is -2.00. The number of rotatable bonds is 9. The first-order valence-electron chi connectivity index (χ1n) is 9.52. The third-order valence-electron chi connectivity index (χ3n) is 4.30. The molecule has 0 saturated carbocycles. The van der Waals surface area contributed by atoms with Crippen LogP contribution < -0.4 is 20.1 Å². The van der Waals surface area contributed by atoms with E-state index < -0.39 is 0 Å². The molecule has 0 spiro atoms. The summed E-state index contributed by atoms with van der Waals surface area (Å²) in [7, 11) is 7.47. The Morgan fingerprint density at radius 1 is 0.966 bits per heavy atom. The summed E-state index contributed by atoms with van der Waals surface area (Å²) in [5.41, 5.74) is 3.59. The standard InChI is InChI=1S/C22H32N4O2.HI/c1-6-23-22(24-14-17-9-7-8-10-19(17)16-26(2)3)25-15-18-11-12-20(27-4)13-21(18)28-5;/h7-13H,6,14-16H2,1-5H3,(H2,23,24,25);1H. The molecule has 7 heteroatoms. The SMILES string of the molecule is CCNC(=NCc1ccc(OC)cc1OC)NCc1ccccc1CN(C)C.I. The van der Waals surface area contributed by atoms with Crippen molar-refractivity contribution in [3.05, 3.63) is 59.2 Å². The highest BCUT2D eigenvalue weighted by atomic mass is 127. The molecule has 0 atom stereocenters. The monoisotopic (exact) mass is 512 g/mol. The van der Waals surface area contributed by atoms with Crippen LogP contribution in [0.1, 0.15) is 23.6 Å². The molecule has 160 valence electrons. The summed E-state index contributed by atoms with van der Waals surface area (Å²) in [5.74, 6) is 2.32. The average molecular weight is 512 g/mol. The van der Waals surface area contributed by atoms with Crippen LogP contribution in [-0.4, -0.2) is 45.7 Å². The van der Waals surface area contributed by atoms with Crippen LogP contribution in [0.25, 0.3) is 0 Å². The van der Waals surface area contributed by atoms with Gasteiger partial charge < -0.3 is 25.0 Å². The van der Waals surface area contributed by atoms with E-state index in [1.807, 2.05) is 18.2 Å². The van der Waals surface area contributed by atoms with E-state index in [0.717, 1.165) is 42.7 Å². The Labute approximate surface area is 191 Å². The highest BCUT2D eigenvalue weighted by Crippen LogP contribution is 2.25. The fourth-order valence-corrected chi connectivity index (χ4v) is 2.89. The number of methoxy groups -OCH3 is 2. The Morgan fingerprint density at radius 3 is 2.31 bits per heavy atom. The predicted octanol–water partition coefficient (Wildman–Crippen LogP) is 3.64. The van der Waals surface area contributed by atoms with Crippen LogP contribution in [0.2, 0.25) is 0 Å². The second kappa shape index (κ2) is 13.3. The van der Waals surface area contributed by atoms with E-state index in [-0.39, 0.29) is 24.0 Å². The van der Waals surface area contributed by atoms with Crippen molar-refractivity contribution in [2.24, 2.45) is 4.99 Å². The molecule has 2 aromatic carbocycles. The van der Waals surface area contributed by atoms with Gasteiger partial charge in [0.05, 0.1) is 20.8 Å². The van der Waals surface area contributed by atoms with Crippen LogP contribution in [0.3, 0.4) is 0 Å². The lowest BCUT2D eigenvalue weighted by Gasteiger charge is -2.16. The van der Waals surface area contributed by atoms with Gasteiger partial charge in [0.1, 0.15) is 11.5 Å². The van der Waals surface area contributed by atoms with Gasteiger partial charge in [-0.15, -0.1) is 24.0 Å². The van der Waals surface area contributed by atoms with Crippen molar-refractivity contribution in [3.8, 4) is 11.5 Å². The lowest BCUT2D eigenvalue weighted by molar-refractivity contribution is 0.391. The van der Waals surface area contributed by atoms with Gasteiger partial charge in [-0.2, -0.15) is 0 Å². The molecule has 0 bridgehead atoms. The highest BCUT2D eigenvalue weighted by Gasteiger charge is 2.07. The summed E-state index contributed by atoms with van der Waals surface area (Å²) >= 11 is 0. The number of aliphatic imine (C=N–C) groups is 1. The molecule has 29 heavy (non-hydrogen) atoms. The van der Waals surface area contributed by atoms with Gasteiger partial charge in [-0.3, -0.25) is 0 Å². The molecular weight excluding hydrogens is 479 g/mol. The quantitative estimate of drug-likeness (QED) is 0.305. The van der Waals surface area contributed by atoms with Gasteiger partial charge >= 0.3 is 0 Å². The molecule has 6 nitrogen and oxygen atoms in total. The molecule has 0 aliphatic carbocycles. The summed E-state index contributed by atoms with van der Waals surface area (Å²) in [5, 5.41) is 6.74. The van der Waals surface area contributed by atoms with Crippen LogP contribution in [0, 0.1) is 0 Å². The van der Waals surface area contributed by atoms with Gasteiger partial charge in [-0.1, -0.05) is 24.3 Å². The van der Waals surface area contributed by atoms with E-state index in [0.29, 0.717) is 6.54 Å². The second-order valence-corrected chi connectivity index (χ2v) is 6.73. The zero-order valence-electron chi connectivity index (χ0n) is 18.0. The fraction of sp³-hybridized carbons (Fsp3) is 0.409. The third kappa shape index (κ3) is 8.10.